The van der Waals surface area contributed by atoms with Crippen LogP contribution >= 0.6 is 11.6 Å². The minimum absolute atomic E-state index is 0.0144. The molecule has 1 aromatic carbocycles. The fourth-order valence-electron chi connectivity index (χ4n) is 1.28. The molecule has 2 N–H and O–H groups in total. The van der Waals surface area contributed by atoms with E-state index in [0.29, 0.717) is 5.56 Å². The van der Waals surface area contributed by atoms with Gasteiger partial charge in [-0.2, -0.15) is 0 Å². The molecule has 0 aliphatic heterocycles. The SMILES string of the molecule is CCOC(=O)c1cc(C)c(Cl)c(S(N)(=O)=O)c1. The van der Waals surface area contributed by atoms with Gasteiger partial charge in [0, 0.05) is 0 Å². The van der Waals surface area contributed by atoms with Crippen molar-refractivity contribution in [2.45, 2.75) is 18.7 Å². The van der Waals surface area contributed by atoms with Crippen LogP contribution in [0.4, 0.5) is 0 Å². The molecule has 7 heteroatoms. The lowest BCUT2D eigenvalue weighted by Crippen LogP contribution is -2.15. The number of rotatable bonds is 3. The standard InChI is InChI=1S/C10H12ClNO4S/c1-3-16-10(13)7-4-6(2)9(11)8(5-7)17(12,14)15/h4-5H,3H2,1-2H3,(H2,12,14,15). The van der Waals surface area contributed by atoms with Crippen molar-refractivity contribution in [3.63, 3.8) is 0 Å². The second-order valence-corrected chi connectivity index (χ2v) is 5.28. The Morgan fingerprint density at radius 1 is 1.47 bits per heavy atom. The summed E-state index contributed by atoms with van der Waals surface area (Å²) in [5, 5.41) is 5.02. The number of sulfonamides is 1. The molecule has 1 rings (SSSR count). The van der Waals surface area contributed by atoms with Crippen molar-refractivity contribution in [3.8, 4) is 0 Å². The number of primary sulfonamides is 1. The first-order valence-corrected chi connectivity index (χ1v) is 6.70. The van der Waals surface area contributed by atoms with Crippen molar-refractivity contribution in [1.82, 2.24) is 0 Å². The third kappa shape index (κ3) is 3.18. The maximum Gasteiger partial charge on any atom is 0.338 e. The first-order valence-electron chi connectivity index (χ1n) is 4.77. The van der Waals surface area contributed by atoms with Crippen molar-refractivity contribution >= 4 is 27.6 Å². The average molecular weight is 278 g/mol. The van der Waals surface area contributed by atoms with Crippen molar-refractivity contribution < 1.29 is 17.9 Å². The monoisotopic (exact) mass is 277 g/mol. The summed E-state index contributed by atoms with van der Waals surface area (Å²) in [6.07, 6.45) is 0. The Kier molecular flexibility index (Phi) is 4.13. The maximum absolute atomic E-state index is 11.5. The topological polar surface area (TPSA) is 86.5 Å². The summed E-state index contributed by atoms with van der Waals surface area (Å²) >= 11 is 5.82. The van der Waals surface area contributed by atoms with Gasteiger partial charge in [-0.15, -0.1) is 0 Å². The van der Waals surface area contributed by atoms with Gasteiger partial charge in [0.25, 0.3) is 0 Å². The van der Waals surface area contributed by atoms with Gasteiger partial charge in [-0.3, -0.25) is 0 Å². The van der Waals surface area contributed by atoms with Crippen LogP contribution in [0.25, 0.3) is 0 Å². The summed E-state index contributed by atoms with van der Waals surface area (Å²) in [6.45, 7) is 3.44. The smallest absolute Gasteiger partial charge is 0.338 e. The van der Waals surface area contributed by atoms with Crippen molar-refractivity contribution in [2.24, 2.45) is 5.14 Å². The highest BCUT2D eigenvalue weighted by molar-refractivity contribution is 7.89. The largest absolute Gasteiger partial charge is 0.462 e. The summed E-state index contributed by atoms with van der Waals surface area (Å²) in [6, 6.07) is 2.57. The molecule has 0 saturated heterocycles. The molecule has 1 aromatic rings. The van der Waals surface area contributed by atoms with Crippen molar-refractivity contribution in [1.29, 1.82) is 0 Å². The highest BCUT2D eigenvalue weighted by Gasteiger charge is 2.19. The lowest BCUT2D eigenvalue weighted by atomic mass is 10.1. The Morgan fingerprint density at radius 2 is 2.06 bits per heavy atom. The molecule has 0 radical (unpaired) electrons. The van der Waals surface area contributed by atoms with Gasteiger partial charge < -0.3 is 4.74 Å². The van der Waals surface area contributed by atoms with E-state index in [2.05, 4.69) is 0 Å². The number of nitrogens with two attached hydrogens (primary N) is 1. The Labute approximate surface area is 105 Å². The predicted octanol–water partition coefficient (Wildman–Crippen LogP) is 1.47. The van der Waals surface area contributed by atoms with E-state index >= 15 is 0 Å². The summed E-state index contributed by atoms with van der Waals surface area (Å²) in [4.78, 5) is 11.2. The number of hydrogen-bond donors (Lipinski definition) is 1. The fraction of sp³-hybridized carbons (Fsp3) is 0.300. The zero-order chi connectivity index (χ0) is 13.2. The lowest BCUT2D eigenvalue weighted by Gasteiger charge is -2.08. The first kappa shape index (κ1) is 14.0. The quantitative estimate of drug-likeness (QED) is 0.848. The second kappa shape index (κ2) is 5.03. The molecule has 0 heterocycles. The highest BCUT2D eigenvalue weighted by Crippen LogP contribution is 2.26. The zero-order valence-corrected chi connectivity index (χ0v) is 10.9. The minimum Gasteiger partial charge on any atom is -0.462 e. The van der Waals surface area contributed by atoms with Crippen LogP contribution in [0.1, 0.15) is 22.8 Å². The molecule has 0 aromatic heterocycles. The number of carbonyl (C=O) groups is 1. The van der Waals surface area contributed by atoms with Crippen LogP contribution in [0.5, 0.6) is 0 Å². The normalized spacial score (nSPS) is 11.3. The van der Waals surface area contributed by atoms with E-state index in [1.807, 2.05) is 0 Å². The van der Waals surface area contributed by atoms with Gasteiger partial charge in [-0.25, -0.2) is 18.4 Å². The van der Waals surface area contributed by atoms with Crippen LogP contribution in [-0.2, 0) is 14.8 Å². The Bertz CT molecular complexity index is 554. The van der Waals surface area contributed by atoms with E-state index < -0.39 is 16.0 Å². The number of carbonyl (C=O) groups excluding carboxylic acids is 1. The molecule has 0 saturated carbocycles. The summed E-state index contributed by atoms with van der Waals surface area (Å²) in [7, 11) is -3.97. The molecule has 0 spiro atoms. The van der Waals surface area contributed by atoms with Gasteiger partial charge in [0.05, 0.1) is 17.2 Å². The fourth-order valence-corrected chi connectivity index (χ4v) is 2.41. The number of hydrogen-bond acceptors (Lipinski definition) is 4. The average Bonchev–Trinajstić information content (AvgIpc) is 2.20. The molecule has 0 atom stereocenters. The van der Waals surface area contributed by atoms with Crippen LogP contribution in [0, 0.1) is 6.92 Å². The Morgan fingerprint density at radius 3 is 2.53 bits per heavy atom. The predicted molar refractivity (Wildman–Crippen MR) is 63.5 cm³/mol. The third-order valence-electron chi connectivity index (χ3n) is 2.04. The molecule has 0 bridgehead atoms. The molecule has 5 nitrogen and oxygen atoms in total. The molecule has 0 aliphatic carbocycles. The van der Waals surface area contributed by atoms with E-state index in [0.717, 1.165) is 6.07 Å². The van der Waals surface area contributed by atoms with Gasteiger partial charge >= 0.3 is 5.97 Å². The summed E-state index contributed by atoms with van der Waals surface area (Å²) in [5.41, 5.74) is 0.555. The molecule has 0 unspecified atom stereocenters. The molecular formula is C10H12ClNO4S. The number of halogens is 1. The van der Waals surface area contributed by atoms with Gasteiger partial charge in [0.2, 0.25) is 10.0 Å². The molecular weight excluding hydrogens is 266 g/mol. The number of esters is 1. The summed E-state index contributed by atoms with van der Waals surface area (Å²) in [5.74, 6) is -0.614. The summed E-state index contributed by atoms with van der Waals surface area (Å²) < 4.78 is 27.3. The molecule has 0 fully saturated rings. The van der Waals surface area contributed by atoms with Gasteiger partial charge in [-0.1, -0.05) is 11.6 Å². The Balaban J connectivity index is 3.39. The molecule has 0 aliphatic rings. The van der Waals surface area contributed by atoms with Crippen LogP contribution in [-0.4, -0.2) is 21.0 Å². The van der Waals surface area contributed by atoms with Crippen LogP contribution in [0.3, 0.4) is 0 Å². The van der Waals surface area contributed by atoms with Crippen LogP contribution in [0.2, 0.25) is 5.02 Å². The lowest BCUT2D eigenvalue weighted by molar-refractivity contribution is 0.0526. The van der Waals surface area contributed by atoms with Gasteiger partial charge in [0.15, 0.2) is 0 Å². The third-order valence-corrected chi connectivity index (χ3v) is 3.59. The molecule has 94 valence electrons. The van der Waals surface area contributed by atoms with E-state index in [-0.39, 0.29) is 22.1 Å². The Hall–Kier alpha value is -1.11. The number of benzene rings is 1. The van der Waals surface area contributed by atoms with Gasteiger partial charge in [0.1, 0.15) is 4.90 Å². The van der Waals surface area contributed by atoms with Crippen molar-refractivity contribution in [3.05, 3.63) is 28.3 Å². The van der Waals surface area contributed by atoms with Crippen LogP contribution in [0.15, 0.2) is 17.0 Å². The van der Waals surface area contributed by atoms with E-state index in [1.54, 1.807) is 13.8 Å². The number of ether oxygens (including phenoxy) is 1. The van der Waals surface area contributed by atoms with Crippen LogP contribution < -0.4 is 5.14 Å². The van der Waals surface area contributed by atoms with E-state index in [9.17, 15) is 13.2 Å². The van der Waals surface area contributed by atoms with E-state index in [4.69, 9.17) is 21.5 Å². The van der Waals surface area contributed by atoms with Gasteiger partial charge in [-0.05, 0) is 31.5 Å². The van der Waals surface area contributed by atoms with Crippen molar-refractivity contribution in [2.75, 3.05) is 6.61 Å². The maximum atomic E-state index is 11.5. The number of aryl methyl sites for hydroxylation is 1. The molecule has 0 amide bonds. The second-order valence-electron chi connectivity index (χ2n) is 3.37. The minimum atomic E-state index is -3.97. The highest BCUT2D eigenvalue weighted by atomic mass is 35.5. The van der Waals surface area contributed by atoms with E-state index in [1.165, 1.54) is 6.07 Å². The first-order chi connectivity index (χ1) is 7.77. The molecule has 17 heavy (non-hydrogen) atoms. The zero-order valence-electron chi connectivity index (χ0n) is 9.36.